The Hall–Kier alpha value is -3.41. The Morgan fingerprint density at radius 2 is 1.60 bits per heavy atom. The number of benzene rings is 2. The Kier molecular flexibility index (Phi) is 4.89. The van der Waals surface area contributed by atoms with Crippen LogP contribution in [0.5, 0.6) is 11.5 Å². The fourth-order valence-electron chi connectivity index (χ4n) is 2.34. The first-order valence-corrected chi connectivity index (χ1v) is 7.86. The lowest BCUT2D eigenvalue weighted by atomic mass is 10.1. The van der Waals surface area contributed by atoms with Crippen molar-refractivity contribution in [2.75, 3.05) is 11.5 Å². The second-order valence-corrected chi connectivity index (χ2v) is 5.50. The first-order chi connectivity index (χ1) is 12.1. The Morgan fingerprint density at radius 1 is 0.920 bits per heavy atom. The van der Waals surface area contributed by atoms with Crippen LogP contribution >= 0.6 is 0 Å². The van der Waals surface area contributed by atoms with Gasteiger partial charge in [-0.15, -0.1) is 0 Å². The van der Waals surface area contributed by atoms with Crippen molar-refractivity contribution in [3.05, 3.63) is 72.1 Å². The van der Waals surface area contributed by atoms with Crippen molar-refractivity contribution < 1.29 is 4.74 Å². The maximum absolute atomic E-state index is 5.87. The van der Waals surface area contributed by atoms with E-state index in [0.717, 1.165) is 22.6 Å². The van der Waals surface area contributed by atoms with E-state index in [1.807, 2.05) is 67.6 Å². The maximum Gasteiger partial charge on any atom is 0.225 e. The first kappa shape index (κ1) is 16.4. The quantitative estimate of drug-likeness (QED) is 0.741. The molecule has 6 nitrogen and oxygen atoms in total. The lowest BCUT2D eigenvalue weighted by Gasteiger charge is -2.08. The smallest absolute Gasteiger partial charge is 0.225 e. The summed E-state index contributed by atoms with van der Waals surface area (Å²) in [5.41, 5.74) is 13.3. The van der Waals surface area contributed by atoms with E-state index in [1.165, 1.54) is 0 Å². The third-order valence-electron chi connectivity index (χ3n) is 3.58. The Labute approximate surface area is 146 Å². The largest absolute Gasteiger partial charge is 0.457 e. The molecule has 3 aromatic rings. The molecule has 0 aliphatic carbocycles. The molecule has 1 aromatic heterocycles. The molecule has 0 spiro atoms. The van der Waals surface area contributed by atoms with Crippen molar-refractivity contribution in [3.8, 4) is 11.5 Å². The number of nitrogens with zero attached hydrogens (tertiary/aromatic N) is 3. The van der Waals surface area contributed by atoms with Gasteiger partial charge in [0.05, 0.1) is 0 Å². The molecule has 0 radical (unpaired) electrons. The van der Waals surface area contributed by atoms with Crippen molar-refractivity contribution in [3.63, 3.8) is 0 Å². The van der Waals surface area contributed by atoms with Crippen molar-refractivity contribution in [2.24, 2.45) is 0 Å². The summed E-state index contributed by atoms with van der Waals surface area (Å²) in [5.74, 6) is 2.39. The summed E-state index contributed by atoms with van der Waals surface area (Å²) in [6.45, 7) is 2.02. The molecule has 25 heavy (non-hydrogen) atoms. The molecule has 0 saturated heterocycles. The molecule has 1 heterocycles. The Morgan fingerprint density at radius 3 is 2.32 bits per heavy atom. The lowest BCUT2D eigenvalue weighted by molar-refractivity contribution is 0.482. The van der Waals surface area contributed by atoms with E-state index in [0.29, 0.717) is 12.2 Å². The number of anilines is 2. The van der Waals surface area contributed by atoms with E-state index in [-0.39, 0.29) is 11.9 Å². The molecule has 0 amide bonds. The van der Waals surface area contributed by atoms with Gasteiger partial charge in [-0.2, -0.15) is 15.0 Å². The summed E-state index contributed by atoms with van der Waals surface area (Å²) in [5, 5.41) is 0. The minimum atomic E-state index is 0.131. The molecular weight excluding hydrogens is 314 g/mol. The van der Waals surface area contributed by atoms with Crippen LogP contribution in [-0.4, -0.2) is 15.0 Å². The van der Waals surface area contributed by atoms with Crippen LogP contribution in [0.2, 0.25) is 0 Å². The number of nitrogens with two attached hydrogens (primary N) is 2. The van der Waals surface area contributed by atoms with Crippen LogP contribution in [0, 0.1) is 0 Å². The van der Waals surface area contributed by atoms with Crippen LogP contribution in [0.15, 0.2) is 60.7 Å². The molecule has 4 N–H and O–H groups in total. The highest BCUT2D eigenvalue weighted by Gasteiger charge is 2.03. The van der Waals surface area contributed by atoms with Crippen molar-refractivity contribution in [1.29, 1.82) is 0 Å². The van der Waals surface area contributed by atoms with Gasteiger partial charge in [-0.25, -0.2) is 0 Å². The minimum absolute atomic E-state index is 0.131. The van der Waals surface area contributed by atoms with Crippen molar-refractivity contribution in [2.45, 2.75) is 13.3 Å². The van der Waals surface area contributed by atoms with Crippen molar-refractivity contribution in [1.82, 2.24) is 15.0 Å². The van der Waals surface area contributed by atoms with Crippen LogP contribution in [0.1, 0.15) is 18.3 Å². The lowest BCUT2D eigenvalue weighted by Crippen LogP contribution is -2.06. The fourth-order valence-corrected chi connectivity index (χ4v) is 2.34. The molecule has 0 atom stereocenters. The van der Waals surface area contributed by atoms with Gasteiger partial charge in [0.15, 0.2) is 0 Å². The number of hydrogen-bond acceptors (Lipinski definition) is 6. The number of allylic oxidation sites excluding steroid dienone is 2. The van der Waals surface area contributed by atoms with E-state index in [1.54, 1.807) is 0 Å². The van der Waals surface area contributed by atoms with Crippen molar-refractivity contribution >= 4 is 17.5 Å². The summed E-state index contributed by atoms with van der Waals surface area (Å²) in [7, 11) is 0. The maximum atomic E-state index is 5.87. The fraction of sp³-hybridized carbons (Fsp3) is 0.105. The number of hydrogen-bond donors (Lipinski definition) is 2. The van der Waals surface area contributed by atoms with Gasteiger partial charge in [0.2, 0.25) is 11.9 Å². The second kappa shape index (κ2) is 7.44. The molecule has 0 aliphatic rings. The standard InChI is InChI=1S/C19H19N5O/c1-13(10-11-17-22-18(20)24-19(21)23-17)14-6-5-9-16(12-14)25-15-7-3-2-4-8-15/h2-10,12H,11H2,1H3,(H4,20,21,22,23,24)/b13-10+. The van der Waals surface area contributed by atoms with Gasteiger partial charge in [0.1, 0.15) is 17.3 Å². The third kappa shape index (κ3) is 4.54. The number of para-hydroxylation sites is 1. The van der Waals surface area contributed by atoms with E-state index >= 15 is 0 Å². The van der Waals surface area contributed by atoms with Gasteiger partial charge in [0.25, 0.3) is 0 Å². The number of rotatable bonds is 5. The molecule has 2 aromatic carbocycles. The molecular formula is C19H19N5O. The average Bonchev–Trinajstić information content (AvgIpc) is 2.60. The summed E-state index contributed by atoms with van der Waals surface area (Å²) in [4.78, 5) is 11.9. The normalized spacial score (nSPS) is 11.3. The van der Waals surface area contributed by atoms with Gasteiger partial charge >= 0.3 is 0 Å². The zero-order chi connectivity index (χ0) is 17.6. The van der Waals surface area contributed by atoms with E-state index < -0.39 is 0 Å². The Bertz CT molecular complexity index is 873. The topological polar surface area (TPSA) is 99.9 Å². The highest BCUT2D eigenvalue weighted by Crippen LogP contribution is 2.25. The van der Waals surface area contributed by atoms with E-state index in [4.69, 9.17) is 16.2 Å². The monoisotopic (exact) mass is 333 g/mol. The number of aromatic nitrogens is 3. The highest BCUT2D eigenvalue weighted by atomic mass is 16.5. The summed E-state index contributed by atoms with van der Waals surface area (Å²) < 4.78 is 5.87. The summed E-state index contributed by atoms with van der Waals surface area (Å²) >= 11 is 0. The zero-order valence-corrected chi connectivity index (χ0v) is 13.9. The van der Waals surface area contributed by atoms with Crippen LogP contribution in [0.25, 0.3) is 5.57 Å². The van der Waals surface area contributed by atoms with Gasteiger partial charge in [-0.1, -0.05) is 36.4 Å². The zero-order valence-electron chi connectivity index (χ0n) is 13.9. The number of ether oxygens (including phenoxy) is 1. The molecule has 0 saturated carbocycles. The van der Waals surface area contributed by atoms with Crippen LogP contribution < -0.4 is 16.2 Å². The highest BCUT2D eigenvalue weighted by molar-refractivity contribution is 5.65. The van der Waals surface area contributed by atoms with Gasteiger partial charge in [-0.3, -0.25) is 0 Å². The molecule has 0 bridgehead atoms. The van der Waals surface area contributed by atoms with Crippen LogP contribution in [0.4, 0.5) is 11.9 Å². The predicted molar refractivity (Wildman–Crippen MR) is 99.0 cm³/mol. The molecule has 6 heteroatoms. The number of nitrogen functional groups attached to an aromatic ring is 2. The average molecular weight is 333 g/mol. The SMILES string of the molecule is C/C(=C\Cc1nc(N)nc(N)n1)c1cccc(Oc2ccccc2)c1. The Balaban J connectivity index is 1.75. The van der Waals surface area contributed by atoms with Gasteiger partial charge < -0.3 is 16.2 Å². The third-order valence-corrected chi connectivity index (χ3v) is 3.58. The van der Waals surface area contributed by atoms with E-state index in [9.17, 15) is 0 Å². The molecule has 0 unspecified atom stereocenters. The molecule has 0 fully saturated rings. The molecule has 3 rings (SSSR count). The van der Waals surface area contributed by atoms with Crippen LogP contribution in [-0.2, 0) is 6.42 Å². The van der Waals surface area contributed by atoms with Gasteiger partial charge in [0, 0.05) is 6.42 Å². The first-order valence-electron chi connectivity index (χ1n) is 7.86. The minimum Gasteiger partial charge on any atom is -0.457 e. The summed E-state index contributed by atoms with van der Waals surface area (Å²) in [6, 6.07) is 17.6. The molecule has 0 aliphatic heterocycles. The predicted octanol–water partition coefficient (Wildman–Crippen LogP) is 3.47. The molecule has 126 valence electrons. The summed E-state index contributed by atoms with van der Waals surface area (Å²) in [6.07, 6.45) is 2.54. The second-order valence-electron chi connectivity index (χ2n) is 5.50. The van der Waals surface area contributed by atoms with Crippen LogP contribution in [0.3, 0.4) is 0 Å². The van der Waals surface area contributed by atoms with E-state index in [2.05, 4.69) is 15.0 Å². The van der Waals surface area contributed by atoms with Gasteiger partial charge in [-0.05, 0) is 42.3 Å².